The van der Waals surface area contributed by atoms with Crippen molar-refractivity contribution in [1.82, 2.24) is 0 Å². The van der Waals surface area contributed by atoms with Gasteiger partial charge in [-0.15, -0.1) is 0 Å². The molecule has 0 spiro atoms. The second kappa shape index (κ2) is 7.62. The largest absolute Gasteiger partial charge is 0.392 e. The molecule has 0 atom stereocenters. The zero-order chi connectivity index (χ0) is 6.95. The molecule has 0 aromatic rings. The molecule has 54 valence electrons. The topological polar surface area (TPSA) is 38.7 Å². The number of rotatable bonds is 5. The Kier molecular flexibility index (Phi) is 7.30. The number of aliphatic hydroxyl groups is 1. The SMILES string of the molecule is COCOC/C=C/CO. The molecule has 1 N–H and O–H groups in total. The summed E-state index contributed by atoms with van der Waals surface area (Å²) in [6.45, 7) is 0.862. The van der Waals surface area contributed by atoms with Crippen LogP contribution >= 0.6 is 0 Å². The maximum Gasteiger partial charge on any atom is 0.146 e. The Morgan fingerprint density at radius 3 is 2.78 bits per heavy atom. The number of hydrogen-bond donors (Lipinski definition) is 1. The predicted octanol–water partition coefficient (Wildman–Crippen LogP) is 0.155. The van der Waals surface area contributed by atoms with E-state index < -0.39 is 0 Å². The Hall–Kier alpha value is -0.380. The minimum absolute atomic E-state index is 0.0658. The fourth-order valence-electron chi connectivity index (χ4n) is 0.342. The normalized spacial score (nSPS) is 10.9. The van der Waals surface area contributed by atoms with Crippen LogP contribution in [-0.4, -0.2) is 32.2 Å². The van der Waals surface area contributed by atoms with Crippen molar-refractivity contribution in [3.05, 3.63) is 12.2 Å². The van der Waals surface area contributed by atoms with E-state index in [1.165, 1.54) is 0 Å². The van der Waals surface area contributed by atoms with E-state index in [4.69, 9.17) is 9.84 Å². The van der Waals surface area contributed by atoms with Crippen LogP contribution in [-0.2, 0) is 9.47 Å². The fraction of sp³-hybridized carbons (Fsp3) is 0.667. The summed E-state index contributed by atoms with van der Waals surface area (Å²) in [7, 11) is 1.57. The molecular weight excluding hydrogens is 120 g/mol. The first-order valence-electron chi connectivity index (χ1n) is 2.74. The highest BCUT2D eigenvalue weighted by Crippen LogP contribution is 1.76. The summed E-state index contributed by atoms with van der Waals surface area (Å²) in [5, 5.41) is 8.25. The second-order valence-corrected chi connectivity index (χ2v) is 1.43. The third-order valence-electron chi connectivity index (χ3n) is 0.687. The van der Waals surface area contributed by atoms with Crippen molar-refractivity contribution in [2.75, 3.05) is 27.1 Å². The third-order valence-corrected chi connectivity index (χ3v) is 0.687. The van der Waals surface area contributed by atoms with Gasteiger partial charge < -0.3 is 14.6 Å². The van der Waals surface area contributed by atoms with Gasteiger partial charge in [-0.2, -0.15) is 0 Å². The Balaban J connectivity index is 2.82. The first-order valence-corrected chi connectivity index (χ1v) is 2.74. The molecule has 0 aromatic heterocycles. The van der Waals surface area contributed by atoms with E-state index in [0.717, 1.165) is 0 Å². The van der Waals surface area contributed by atoms with Crippen LogP contribution in [0.2, 0.25) is 0 Å². The van der Waals surface area contributed by atoms with Crippen molar-refractivity contribution in [1.29, 1.82) is 0 Å². The summed E-state index contributed by atoms with van der Waals surface area (Å²) < 4.78 is 9.47. The van der Waals surface area contributed by atoms with Crippen LogP contribution in [0.4, 0.5) is 0 Å². The van der Waals surface area contributed by atoms with Crippen LogP contribution in [0.15, 0.2) is 12.2 Å². The summed E-state index contributed by atoms with van der Waals surface area (Å²) in [5.41, 5.74) is 0. The van der Waals surface area contributed by atoms with Gasteiger partial charge in [-0.05, 0) is 0 Å². The molecule has 0 aromatic carbocycles. The lowest BCUT2D eigenvalue weighted by molar-refractivity contribution is -0.0187. The smallest absolute Gasteiger partial charge is 0.146 e. The van der Waals surface area contributed by atoms with Gasteiger partial charge in [-0.1, -0.05) is 12.2 Å². The summed E-state index contributed by atoms with van der Waals surface area (Å²) in [5.74, 6) is 0. The highest BCUT2D eigenvalue weighted by Gasteiger charge is 1.76. The molecule has 0 aliphatic carbocycles. The number of ether oxygens (including phenoxy) is 2. The first kappa shape index (κ1) is 8.62. The predicted molar refractivity (Wildman–Crippen MR) is 34.1 cm³/mol. The molecule has 0 radical (unpaired) electrons. The molecule has 0 heterocycles. The van der Waals surface area contributed by atoms with Crippen molar-refractivity contribution in [2.45, 2.75) is 0 Å². The van der Waals surface area contributed by atoms with Crippen LogP contribution in [0, 0.1) is 0 Å². The number of hydrogen-bond acceptors (Lipinski definition) is 3. The van der Waals surface area contributed by atoms with Gasteiger partial charge in [0.05, 0.1) is 13.2 Å². The van der Waals surface area contributed by atoms with E-state index in [1.54, 1.807) is 19.3 Å². The van der Waals surface area contributed by atoms with Gasteiger partial charge in [0.15, 0.2) is 0 Å². The van der Waals surface area contributed by atoms with Gasteiger partial charge in [0, 0.05) is 7.11 Å². The molecule has 3 nitrogen and oxygen atoms in total. The van der Waals surface area contributed by atoms with Crippen LogP contribution in [0.1, 0.15) is 0 Å². The summed E-state index contributed by atoms with van der Waals surface area (Å²) in [4.78, 5) is 0. The van der Waals surface area contributed by atoms with Crippen molar-refractivity contribution in [3.63, 3.8) is 0 Å². The zero-order valence-electron chi connectivity index (χ0n) is 5.54. The molecule has 0 rings (SSSR count). The number of aliphatic hydroxyl groups excluding tert-OH is 1. The van der Waals surface area contributed by atoms with Gasteiger partial charge in [0.2, 0.25) is 0 Å². The zero-order valence-corrected chi connectivity index (χ0v) is 5.54. The van der Waals surface area contributed by atoms with E-state index in [2.05, 4.69) is 4.74 Å². The molecule has 0 bridgehead atoms. The molecule has 0 aliphatic rings. The Morgan fingerprint density at radius 2 is 2.22 bits per heavy atom. The molecule has 0 saturated carbocycles. The Labute approximate surface area is 54.9 Å². The van der Waals surface area contributed by atoms with E-state index in [-0.39, 0.29) is 6.61 Å². The van der Waals surface area contributed by atoms with E-state index in [1.807, 2.05) is 0 Å². The van der Waals surface area contributed by atoms with Crippen LogP contribution in [0.3, 0.4) is 0 Å². The van der Waals surface area contributed by atoms with Gasteiger partial charge in [-0.25, -0.2) is 0 Å². The van der Waals surface area contributed by atoms with E-state index >= 15 is 0 Å². The average molecular weight is 132 g/mol. The van der Waals surface area contributed by atoms with Crippen LogP contribution in [0.25, 0.3) is 0 Å². The maximum atomic E-state index is 8.25. The van der Waals surface area contributed by atoms with Gasteiger partial charge >= 0.3 is 0 Å². The summed E-state index contributed by atoms with van der Waals surface area (Å²) in [6, 6.07) is 0. The van der Waals surface area contributed by atoms with Crippen molar-refractivity contribution in [2.24, 2.45) is 0 Å². The lowest BCUT2D eigenvalue weighted by Crippen LogP contribution is -1.95. The lowest BCUT2D eigenvalue weighted by atomic mass is 10.5. The van der Waals surface area contributed by atoms with Gasteiger partial charge in [-0.3, -0.25) is 0 Å². The Morgan fingerprint density at radius 1 is 1.44 bits per heavy atom. The van der Waals surface area contributed by atoms with Crippen LogP contribution < -0.4 is 0 Å². The van der Waals surface area contributed by atoms with E-state index in [9.17, 15) is 0 Å². The second-order valence-electron chi connectivity index (χ2n) is 1.43. The quantitative estimate of drug-likeness (QED) is 0.329. The van der Waals surface area contributed by atoms with E-state index in [0.29, 0.717) is 13.4 Å². The van der Waals surface area contributed by atoms with Gasteiger partial charge in [0.1, 0.15) is 6.79 Å². The van der Waals surface area contributed by atoms with Crippen molar-refractivity contribution >= 4 is 0 Å². The monoisotopic (exact) mass is 132 g/mol. The highest BCUT2D eigenvalue weighted by atomic mass is 16.7. The van der Waals surface area contributed by atoms with Crippen molar-refractivity contribution in [3.8, 4) is 0 Å². The molecule has 0 saturated heterocycles. The average Bonchev–Trinajstić information content (AvgIpc) is 1.89. The fourth-order valence-corrected chi connectivity index (χ4v) is 0.342. The number of methoxy groups -OCH3 is 1. The molecule has 0 aliphatic heterocycles. The van der Waals surface area contributed by atoms with Crippen molar-refractivity contribution < 1.29 is 14.6 Å². The summed E-state index contributed by atoms with van der Waals surface area (Å²) >= 11 is 0. The minimum Gasteiger partial charge on any atom is -0.392 e. The highest BCUT2D eigenvalue weighted by molar-refractivity contribution is 4.79. The molecule has 0 fully saturated rings. The molecule has 9 heavy (non-hydrogen) atoms. The molecule has 0 unspecified atom stereocenters. The lowest BCUT2D eigenvalue weighted by Gasteiger charge is -1.95. The standard InChI is InChI=1S/C6H12O3/c1-8-6-9-5-3-2-4-7/h2-3,7H,4-6H2,1H3/b3-2+. The molecular formula is C6H12O3. The third kappa shape index (κ3) is 7.62. The van der Waals surface area contributed by atoms with Crippen LogP contribution in [0.5, 0.6) is 0 Å². The summed E-state index contributed by atoms with van der Waals surface area (Å²) in [6.07, 6.45) is 3.36. The molecule has 0 amide bonds. The Bertz CT molecular complexity index is 70.7. The first-order chi connectivity index (χ1) is 4.41. The van der Waals surface area contributed by atoms with Gasteiger partial charge in [0.25, 0.3) is 0 Å². The maximum absolute atomic E-state index is 8.25. The molecule has 3 heteroatoms. The minimum atomic E-state index is 0.0658.